The van der Waals surface area contributed by atoms with E-state index in [2.05, 4.69) is 28.2 Å². The van der Waals surface area contributed by atoms with Gasteiger partial charge in [0.05, 0.1) is 30.8 Å². The number of hydrogen-bond acceptors (Lipinski definition) is 5. The zero-order valence-electron chi connectivity index (χ0n) is 18.9. The van der Waals surface area contributed by atoms with E-state index in [9.17, 15) is 4.79 Å². The van der Waals surface area contributed by atoms with Gasteiger partial charge in [-0.2, -0.15) is 0 Å². The molecule has 0 radical (unpaired) electrons. The fraction of sp³-hybridized carbons (Fsp3) is 0.269. The van der Waals surface area contributed by atoms with Gasteiger partial charge in [-0.3, -0.25) is 4.79 Å². The fourth-order valence-electron chi connectivity index (χ4n) is 4.34. The molecule has 168 valence electrons. The van der Waals surface area contributed by atoms with Crippen LogP contribution in [0.2, 0.25) is 0 Å². The van der Waals surface area contributed by atoms with Crippen LogP contribution < -0.4 is 9.64 Å². The van der Waals surface area contributed by atoms with Crippen LogP contribution in [0.5, 0.6) is 5.75 Å². The average molecular weight is 442 g/mol. The van der Waals surface area contributed by atoms with Crippen molar-refractivity contribution in [1.29, 1.82) is 0 Å². The summed E-state index contributed by atoms with van der Waals surface area (Å²) < 4.78 is 8.05. The van der Waals surface area contributed by atoms with Crippen molar-refractivity contribution in [2.45, 2.75) is 19.6 Å². The van der Waals surface area contributed by atoms with E-state index in [1.807, 2.05) is 78.5 Å². The minimum absolute atomic E-state index is 0.0155. The lowest BCUT2D eigenvalue weighted by molar-refractivity contribution is 0.0709. The molecule has 3 aromatic carbocycles. The van der Waals surface area contributed by atoms with Crippen LogP contribution in [0.15, 0.2) is 72.8 Å². The summed E-state index contributed by atoms with van der Waals surface area (Å²) in [6.07, 6.45) is -0.0753. The molecule has 1 amide bonds. The molecule has 0 saturated heterocycles. The summed E-state index contributed by atoms with van der Waals surface area (Å²) in [6, 6.07) is 23.7. The lowest BCUT2D eigenvalue weighted by Gasteiger charge is -2.37. The minimum Gasteiger partial charge on any atom is -0.485 e. The predicted molar refractivity (Wildman–Crippen MR) is 129 cm³/mol. The number of benzene rings is 3. The summed E-state index contributed by atoms with van der Waals surface area (Å²) in [6.45, 7) is 4.92. The molecular formula is C26H27N5O2. The first-order valence-corrected chi connectivity index (χ1v) is 11.3. The van der Waals surface area contributed by atoms with E-state index in [0.29, 0.717) is 18.7 Å². The quantitative estimate of drug-likeness (QED) is 0.455. The van der Waals surface area contributed by atoms with Gasteiger partial charge in [0.25, 0.3) is 5.91 Å². The Morgan fingerprint density at radius 1 is 1.06 bits per heavy atom. The van der Waals surface area contributed by atoms with E-state index >= 15 is 0 Å². The van der Waals surface area contributed by atoms with E-state index < -0.39 is 0 Å². The lowest BCUT2D eigenvalue weighted by Crippen LogP contribution is -2.46. The second-order valence-electron chi connectivity index (χ2n) is 8.36. The molecule has 0 fully saturated rings. The normalized spacial score (nSPS) is 15.2. The summed E-state index contributed by atoms with van der Waals surface area (Å²) in [7, 11) is 1.83. The van der Waals surface area contributed by atoms with Crippen LogP contribution in [-0.4, -0.2) is 58.6 Å². The molecule has 0 bridgehead atoms. The summed E-state index contributed by atoms with van der Waals surface area (Å²) in [5, 5.41) is 8.45. The second-order valence-corrected chi connectivity index (χ2v) is 8.36. The maximum Gasteiger partial charge on any atom is 0.253 e. The Bertz CT molecular complexity index is 1270. The highest BCUT2D eigenvalue weighted by atomic mass is 16.5. The molecule has 0 unspecified atom stereocenters. The zero-order chi connectivity index (χ0) is 22.8. The largest absolute Gasteiger partial charge is 0.485 e. The van der Waals surface area contributed by atoms with Crippen molar-refractivity contribution in [3.63, 3.8) is 0 Å². The molecule has 2 heterocycles. The van der Waals surface area contributed by atoms with Crippen molar-refractivity contribution in [3.8, 4) is 5.75 Å². The number of carbonyl (C=O) groups is 1. The van der Waals surface area contributed by atoms with Gasteiger partial charge in [0, 0.05) is 19.2 Å². The molecule has 1 aliphatic heterocycles. The van der Waals surface area contributed by atoms with Gasteiger partial charge >= 0.3 is 0 Å². The number of para-hydroxylation sites is 3. The first-order valence-electron chi connectivity index (χ1n) is 11.3. The van der Waals surface area contributed by atoms with Crippen LogP contribution in [0.4, 0.5) is 5.69 Å². The third-order valence-corrected chi connectivity index (χ3v) is 6.08. The first kappa shape index (κ1) is 21.0. The molecule has 0 spiro atoms. The number of anilines is 1. The molecule has 7 nitrogen and oxygen atoms in total. The Hall–Kier alpha value is -3.87. The number of aromatic nitrogens is 3. The molecule has 0 N–H and O–H groups in total. The third-order valence-electron chi connectivity index (χ3n) is 6.08. The molecule has 33 heavy (non-hydrogen) atoms. The van der Waals surface area contributed by atoms with E-state index in [0.717, 1.165) is 41.1 Å². The molecule has 0 saturated carbocycles. The van der Waals surface area contributed by atoms with Gasteiger partial charge in [-0.15, -0.1) is 5.10 Å². The first-order chi connectivity index (χ1) is 16.1. The lowest BCUT2D eigenvalue weighted by atomic mass is 10.1. The molecule has 4 aromatic rings. The number of fused-ring (bicyclic) bond motifs is 2. The SMILES string of the molecule is CCN1C[C@H](CN(C)C(=O)c2ccc(Cn3nnc4ccccc43)cc2)Oc2ccccc21. The van der Waals surface area contributed by atoms with Gasteiger partial charge in [-0.05, 0) is 48.9 Å². The number of nitrogens with zero attached hydrogens (tertiary/aromatic N) is 5. The summed E-state index contributed by atoms with van der Waals surface area (Å²) >= 11 is 0. The highest BCUT2D eigenvalue weighted by molar-refractivity contribution is 5.94. The molecule has 1 atom stereocenters. The molecule has 5 rings (SSSR count). The number of ether oxygens (including phenoxy) is 1. The Labute approximate surface area is 193 Å². The topological polar surface area (TPSA) is 63.5 Å². The van der Waals surface area contributed by atoms with Crippen LogP contribution in [0.3, 0.4) is 0 Å². The Kier molecular flexibility index (Phi) is 5.69. The minimum atomic E-state index is -0.0753. The Morgan fingerprint density at radius 2 is 1.82 bits per heavy atom. The van der Waals surface area contributed by atoms with E-state index in [-0.39, 0.29) is 12.0 Å². The molecular weight excluding hydrogens is 414 g/mol. The van der Waals surface area contributed by atoms with Crippen LogP contribution in [0.25, 0.3) is 11.0 Å². The second kappa shape index (κ2) is 8.94. The van der Waals surface area contributed by atoms with Crippen molar-refractivity contribution < 1.29 is 9.53 Å². The van der Waals surface area contributed by atoms with Gasteiger partial charge in [-0.1, -0.05) is 41.6 Å². The summed E-state index contributed by atoms with van der Waals surface area (Å²) in [4.78, 5) is 17.1. The molecule has 7 heteroatoms. The maximum absolute atomic E-state index is 13.0. The van der Waals surface area contributed by atoms with Gasteiger partial charge < -0.3 is 14.5 Å². The zero-order valence-corrected chi connectivity index (χ0v) is 18.9. The van der Waals surface area contributed by atoms with Crippen LogP contribution in [0.1, 0.15) is 22.8 Å². The van der Waals surface area contributed by atoms with E-state index in [1.54, 1.807) is 4.90 Å². The van der Waals surface area contributed by atoms with E-state index in [4.69, 9.17) is 4.74 Å². The van der Waals surface area contributed by atoms with Crippen LogP contribution >= 0.6 is 0 Å². The number of amides is 1. The Balaban J connectivity index is 1.24. The van der Waals surface area contributed by atoms with Gasteiger partial charge in [0.1, 0.15) is 17.4 Å². The predicted octanol–water partition coefficient (Wildman–Crippen LogP) is 3.84. The van der Waals surface area contributed by atoms with Crippen molar-refractivity contribution >= 4 is 22.6 Å². The summed E-state index contributed by atoms with van der Waals surface area (Å²) in [5.41, 5.74) is 4.71. The molecule has 0 aliphatic carbocycles. The monoisotopic (exact) mass is 441 g/mol. The van der Waals surface area contributed by atoms with E-state index in [1.165, 1.54) is 0 Å². The maximum atomic E-state index is 13.0. The number of rotatable bonds is 6. The van der Waals surface area contributed by atoms with Gasteiger partial charge in [0.2, 0.25) is 0 Å². The molecule has 1 aromatic heterocycles. The summed E-state index contributed by atoms with van der Waals surface area (Å²) in [5.74, 6) is 0.861. The number of hydrogen-bond donors (Lipinski definition) is 0. The van der Waals surface area contributed by atoms with Crippen molar-refractivity contribution in [1.82, 2.24) is 19.9 Å². The third kappa shape index (κ3) is 4.26. The average Bonchev–Trinajstić information content (AvgIpc) is 3.26. The van der Waals surface area contributed by atoms with Gasteiger partial charge in [-0.25, -0.2) is 4.68 Å². The smallest absolute Gasteiger partial charge is 0.253 e. The standard InChI is InChI=1S/C26H27N5O2/c1-3-30-18-21(33-25-11-7-6-10-24(25)30)17-29(2)26(32)20-14-12-19(13-15-20)16-31-23-9-5-4-8-22(23)27-28-31/h4-15,21H,3,16-18H2,1-2H3/t21-/m0/s1. The number of likely N-dealkylation sites (N-methyl/N-ethyl adjacent to an activating group) is 2. The highest BCUT2D eigenvalue weighted by Crippen LogP contribution is 2.33. The fourth-order valence-corrected chi connectivity index (χ4v) is 4.34. The van der Waals surface area contributed by atoms with Crippen molar-refractivity contribution in [3.05, 3.63) is 83.9 Å². The molecule has 1 aliphatic rings. The number of carbonyl (C=O) groups excluding carboxylic acids is 1. The van der Waals surface area contributed by atoms with Crippen LogP contribution in [0, 0.1) is 0 Å². The Morgan fingerprint density at radius 3 is 2.64 bits per heavy atom. The van der Waals surface area contributed by atoms with Crippen LogP contribution in [-0.2, 0) is 6.54 Å². The van der Waals surface area contributed by atoms with Crippen molar-refractivity contribution in [2.75, 3.05) is 31.6 Å². The highest BCUT2D eigenvalue weighted by Gasteiger charge is 2.27. The van der Waals surface area contributed by atoms with Gasteiger partial charge in [0.15, 0.2) is 0 Å². The van der Waals surface area contributed by atoms with Crippen molar-refractivity contribution in [2.24, 2.45) is 0 Å².